The number of carbonyl (C=O) groups excluding carboxylic acids is 1. The van der Waals surface area contributed by atoms with Crippen LogP contribution in [0.4, 0.5) is 4.39 Å². The fourth-order valence-electron chi connectivity index (χ4n) is 1.68. The SMILES string of the molecule is CC(C)CN(CC(=O)O)C(=O)COc1ccc(Br)cc1F. The predicted molar refractivity (Wildman–Crippen MR) is 78.6 cm³/mol. The zero-order chi connectivity index (χ0) is 16.0. The minimum Gasteiger partial charge on any atom is -0.481 e. The molecule has 0 atom stereocenters. The van der Waals surface area contributed by atoms with Crippen molar-refractivity contribution in [2.45, 2.75) is 13.8 Å². The van der Waals surface area contributed by atoms with Crippen molar-refractivity contribution in [3.05, 3.63) is 28.5 Å². The molecule has 0 aliphatic rings. The average molecular weight is 362 g/mol. The maximum atomic E-state index is 13.5. The summed E-state index contributed by atoms with van der Waals surface area (Å²) in [5.41, 5.74) is 0. The zero-order valence-corrected chi connectivity index (χ0v) is 13.4. The van der Waals surface area contributed by atoms with Crippen LogP contribution >= 0.6 is 15.9 Å². The molecule has 116 valence electrons. The van der Waals surface area contributed by atoms with E-state index in [1.54, 1.807) is 6.07 Å². The molecule has 1 aromatic carbocycles. The van der Waals surface area contributed by atoms with Crippen LogP contribution in [0.15, 0.2) is 22.7 Å². The molecule has 0 radical (unpaired) electrons. The van der Waals surface area contributed by atoms with Crippen molar-refractivity contribution < 1.29 is 23.8 Å². The van der Waals surface area contributed by atoms with E-state index in [-0.39, 0.29) is 11.7 Å². The van der Waals surface area contributed by atoms with E-state index >= 15 is 0 Å². The summed E-state index contributed by atoms with van der Waals surface area (Å²) >= 11 is 3.12. The van der Waals surface area contributed by atoms with Crippen LogP contribution in [0.5, 0.6) is 5.75 Å². The van der Waals surface area contributed by atoms with Crippen molar-refractivity contribution in [3.63, 3.8) is 0 Å². The van der Waals surface area contributed by atoms with Crippen LogP contribution in [0.3, 0.4) is 0 Å². The number of hydrogen-bond acceptors (Lipinski definition) is 3. The van der Waals surface area contributed by atoms with Crippen LogP contribution in [-0.4, -0.2) is 41.6 Å². The number of hydrogen-bond donors (Lipinski definition) is 1. The summed E-state index contributed by atoms with van der Waals surface area (Å²) < 4.78 is 19.2. The zero-order valence-electron chi connectivity index (χ0n) is 11.8. The highest BCUT2D eigenvalue weighted by molar-refractivity contribution is 9.10. The number of rotatable bonds is 7. The Kier molecular flexibility index (Phi) is 6.61. The molecular weight excluding hydrogens is 345 g/mol. The second-order valence-corrected chi connectivity index (χ2v) is 5.84. The third kappa shape index (κ3) is 6.12. The standard InChI is InChI=1S/C14H17BrFNO4/c1-9(2)6-17(7-14(19)20)13(18)8-21-12-4-3-10(15)5-11(12)16/h3-5,9H,6-8H2,1-2H3,(H,19,20). The normalized spacial score (nSPS) is 10.5. The van der Waals surface area contributed by atoms with E-state index in [9.17, 15) is 14.0 Å². The highest BCUT2D eigenvalue weighted by Gasteiger charge is 2.19. The molecule has 0 saturated heterocycles. The first-order valence-corrected chi connectivity index (χ1v) is 7.16. The number of carboxylic acids is 1. The molecule has 7 heteroatoms. The number of nitrogens with zero attached hydrogens (tertiary/aromatic N) is 1. The Balaban J connectivity index is 2.66. The molecule has 21 heavy (non-hydrogen) atoms. The molecule has 1 amide bonds. The first-order chi connectivity index (χ1) is 9.79. The Hall–Kier alpha value is -1.63. The van der Waals surface area contributed by atoms with E-state index < -0.39 is 30.8 Å². The summed E-state index contributed by atoms with van der Waals surface area (Å²) in [6, 6.07) is 4.21. The van der Waals surface area contributed by atoms with Gasteiger partial charge < -0.3 is 14.7 Å². The van der Waals surface area contributed by atoms with Crippen LogP contribution in [0.25, 0.3) is 0 Å². The van der Waals surface area contributed by atoms with Crippen molar-refractivity contribution >= 4 is 27.8 Å². The van der Waals surface area contributed by atoms with Crippen molar-refractivity contribution in [3.8, 4) is 5.75 Å². The lowest BCUT2D eigenvalue weighted by atomic mass is 10.2. The first kappa shape index (κ1) is 17.4. The third-order valence-corrected chi connectivity index (χ3v) is 3.00. The molecule has 0 saturated carbocycles. The fraction of sp³-hybridized carbons (Fsp3) is 0.429. The summed E-state index contributed by atoms with van der Waals surface area (Å²) in [7, 11) is 0. The molecule has 0 aliphatic carbocycles. The van der Waals surface area contributed by atoms with Gasteiger partial charge >= 0.3 is 5.97 Å². The molecule has 1 N–H and O–H groups in total. The van der Waals surface area contributed by atoms with Gasteiger partial charge in [0.2, 0.25) is 0 Å². The third-order valence-electron chi connectivity index (χ3n) is 2.51. The molecule has 0 fully saturated rings. The lowest BCUT2D eigenvalue weighted by Crippen LogP contribution is -2.40. The fourth-order valence-corrected chi connectivity index (χ4v) is 2.01. The maximum Gasteiger partial charge on any atom is 0.323 e. The lowest BCUT2D eigenvalue weighted by Gasteiger charge is -2.22. The monoisotopic (exact) mass is 361 g/mol. The van der Waals surface area contributed by atoms with Gasteiger partial charge in [0.05, 0.1) is 0 Å². The molecular formula is C14H17BrFNO4. The number of carbonyl (C=O) groups is 2. The Morgan fingerprint density at radius 1 is 1.43 bits per heavy atom. The van der Waals surface area contributed by atoms with Gasteiger partial charge in [-0.1, -0.05) is 29.8 Å². The topological polar surface area (TPSA) is 66.8 Å². The van der Waals surface area contributed by atoms with Gasteiger partial charge in [-0.3, -0.25) is 9.59 Å². The van der Waals surface area contributed by atoms with E-state index in [1.165, 1.54) is 17.0 Å². The van der Waals surface area contributed by atoms with Gasteiger partial charge in [0.25, 0.3) is 5.91 Å². The van der Waals surface area contributed by atoms with Crippen molar-refractivity contribution in [2.24, 2.45) is 5.92 Å². The van der Waals surface area contributed by atoms with Crippen LogP contribution in [-0.2, 0) is 9.59 Å². The molecule has 0 heterocycles. The van der Waals surface area contributed by atoms with Gasteiger partial charge in [0.15, 0.2) is 18.2 Å². The number of ether oxygens (including phenoxy) is 1. The number of halogens is 2. The minimum absolute atomic E-state index is 0.0497. The molecule has 1 aromatic rings. The highest BCUT2D eigenvalue weighted by Crippen LogP contribution is 2.21. The molecule has 0 spiro atoms. The smallest absolute Gasteiger partial charge is 0.323 e. The van der Waals surface area contributed by atoms with Gasteiger partial charge in [-0.2, -0.15) is 0 Å². The quantitative estimate of drug-likeness (QED) is 0.810. The lowest BCUT2D eigenvalue weighted by molar-refractivity contribution is -0.145. The average Bonchev–Trinajstić information content (AvgIpc) is 2.35. The Labute approximate surface area is 130 Å². The summed E-state index contributed by atoms with van der Waals surface area (Å²) in [6.07, 6.45) is 0. The Bertz CT molecular complexity index is 522. The van der Waals surface area contributed by atoms with Crippen LogP contribution in [0.1, 0.15) is 13.8 Å². The molecule has 0 bridgehead atoms. The molecule has 0 unspecified atom stereocenters. The highest BCUT2D eigenvalue weighted by atomic mass is 79.9. The van der Waals surface area contributed by atoms with Crippen LogP contribution < -0.4 is 4.74 Å². The summed E-state index contributed by atoms with van der Waals surface area (Å²) in [4.78, 5) is 23.9. The van der Waals surface area contributed by atoms with Gasteiger partial charge in [0.1, 0.15) is 6.54 Å². The molecule has 5 nitrogen and oxygen atoms in total. The van der Waals surface area contributed by atoms with E-state index in [1.807, 2.05) is 13.8 Å². The second kappa shape index (κ2) is 7.97. The van der Waals surface area contributed by atoms with Crippen molar-refractivity contribution in [2.75, 3.05) is 19.7 Å². The second-order valence-electron chi connectivity index (χ2n) is 4.93. The van der Waals surface area contributed by atoms with Gasteiger partial charge in [-0.25, -0.2) is 4.39 Å². The van der Waals surface area contributed by atoms with E-state index in [0.29, 0.717) is 11.0 Å². The van der Waals surface area contributed by atoms with Crippen LogP contribution in [0, 0.1) is 11.7 Å². The van der Waals surface area contributed by atoms with E-state index in [0.717, 1.165) is 0 Å². The Morgan fingerprint density at radius 2 is 2.10 bits per heavy atom. The summed E-state index contributed by atoms with van der Waals surface area (Å²) in [6.45, 7) is 3.24. The Morgan fingerprint density at radius 3 is 2.62 bits per heavy atom. The van der Waals surface area contributed by atoms with Gasteiger partial charge in [-0.05, 0) is 24.1 Å². The van der Waals surface area contributed by atoms with Crippen molar-refractivity contribution in [1.29, 1.82) is 0 Å². The number of benzene rings is 1. The predicted octanol–water partition coefficient (Wildman–Crippen LogP) is 2.54. The number of carboxylic acid groups (broad SMARTS) is 1. The van der Waals surface area contributed by atoms with Gasteiger partial charge in [0, 0.05) is 11.0 Å². The van der Waals surface area contributed by atoms with Gasteiger partial charge in [-0.15, -0.1) is 0 Å². The number of aliphatic carboxylic acids is 1. The molecule has 1 rings (SSSR count). The maximum absolute atomic E-state index is 13.5. The number of amides is 1. The van der Waals surface area contributed by atoms with E-state index in [4.69, 9.17) is 9.84 Å². The summed E-state index contributed by atoms with van der Waals surface area (Å²) in [5.74, 6) is -2.11. The largest absolute Gasteiger partial charge is 0.481 e. The van der Waals surface area contributed by atoms with Crippen molar-refractivity contribution in [1.82, 2.24) is 4.90 Å². The molecule has 0 aliphatic heterocycles. The van der Waals surface area contributed by atoms with E-state index in [2.05, 4.69) is 15.9 Å². The van der Waals surface area contributed by atoms with Crippen LogP contribution in [0.2, 0.25) is 0 Å². The first-order valence-electron chi connectivity index (χ1n) is 6.37. The summed E-state index contributed by atoms with van der Waals surface area (Å²) in [5, 5.41) is 8.81. The molecule has 0 aromatic heterocycles. The minimum atomic E-state index is -1.10.